The van der Waals surface area contributed by atoms with Crippen molar-refractivity contribution in [3.05, 3.63) is 100 Å². The molecule has 0 fully saturated rings. The van der Waals surface area contributed by atoms with Crippen LogP contribution in [0, 0.1) is 6.92 Å². The normalized spacial score (nSPS) is 10.9. The molecular weight excluding hydrogens is 499 g/mol. The van der Waals surface area contributed by atoms with E-state index in [1.807, 2.05) is 60.2 Å². The standard InChI is InChI=1S/C26H20Cl2N6O2/c1-16-2-7-20(28)12-22(16)31-26(35)30-21-10-3-17(4-11-21)13-34-14-23(29-15-34)25-32-24(33-36-25)18-5-8-19(27)9-6-18/h2-12,14-15H,13H2,1H3,(H2,30,31,35). The first-order valence-electron chi connectivity index (χ1n) is 11.0. The highest BCUT2D eigenvalue weighted by molar-refractivity contribution is 6.31. The van der Waals surface area contributed by atoms with Crippen molar-refractivity contribution in [2.24, 2.45) is 0 Å². The molecule has 0 atom stereocenters. The van der Waals surface area contributed by atoms with Gasteiger partial charge in [0.15, 0.2) is 0 Å². The lowest BCUT2D eigenvalue weighted by molar-refractivity contribution is 0.262. The van der Waals surface area contributed by atoms with Gasteiger partial charge in [-0.25, -0.2) is 9.78 Å². The van der Waals surface area contributed by atoms with E-state index in [1.165, 1.54) is 0 Å². The van der Waals surface area contributed by atoms with Crippen molar-refractivity contribution >= 4 is 40.6 Å². The third kappa shape index (κ3) is 5.56. The molecule has 2 amide bonds. The van der Waals surface area contributed by atoms with Gasteiger partial charge in [0.1, 0.15) is 5.69 Å². The minimum absolute atomic E-state index is 0.333. The lowest BCUT2D eigenvalue weighted by atomic mass is 10.2. The van der Waals surface area contributed by atoms with Crippen molar-refractivity contribution in [2.45, 2.75) is 13.5 Å². The Morgan fingerprint density at radius 3 is 2.50 bits per heavy atom. The fraction of sp³-hybridized carbons (Fsp3) is 0.0769. The first-order chi connectivity index (χ1) is 17.4. The molecule has 36 heavy (non-hydrogen) atoms. The van der Waals surface area contributed by atoms with Crippen molar-refractivity contribution in [1.29, 1.82) is 0 Å². The zero-order valence-electron chi connectivity index (χ0n) is 19.1. The van der Waals surface area contributed by atoms with Gasteiger partial charge in [0.2, 0.25) is 5.82 Å². The molecule has 0 bridgehead atoms. The van der Waals surface area contributed by atoms with Crippen LogP contribution in [0.3, 0.4) is 0 Å². The number of hydrogen-bond donors (Lipinski definition) is 2. The SMILES string of the molecule is Cc1ccc(Cl)cc1NC(=O)Nc1ccc(Cn2cnc(-c3nc(-c4ccc(Cl)cc4)no3)c2)cc1. The van der Waals surface area contributed by atoms with Gasteiger partial charge in [0.25, 0.3) is 5.89 Å². The summed E-state index contributed by atoms with van der Waals surface area (Å²) in [6.07, 6.45) is 3.54. The Labute approximate surface area is 216 Å². The van der Waals surface area contributed by atoms with Crippen LogP contribution in [0.15, 0.2) is 83.8 Å². The van der Waals surface area contributed by atoms with Gasteiger partial charge in [-0.1, -0.05) is 46.6 Å². The average molecular weight is 519 g/mol. The summed E-state index contributed by atoms with van der Waals surface area (Å²) in [7, 11) is 0. The number of nitrogens with zero attached hydrogens (tertiary/aromatic N) is 4. The Hall–Kier alpha value is -4.14. The number of carbonyl (C=O) groups is 1. The van der Waals surface area contributed by atoms with Crippen LogP contribution in [0.1, 0.15) is 11.1 Å². The molecule has 2 N–H and O–H groups in total. The first-order valence-corrected chi connectivity index (χ1v) is 11.7. The van der Waals surface area contributed by atoms with Gasteiger partial charge in [-0.15, -0.1) is 0 Å². The Morgan fingerprint density at radius 1 is 0.972 bits per heavy atom. The second-order valence-corrected chi connectivity index (χ2v) is 8.97. The van der Waals surface area contributed by atoms with Crippen molar-refractivity contribution < 1.29 is 9.32 Å². The number of amides is 2. The molecule has 0 spiro atoms. The van der Waals surface area contributed by atoms with Gasteiger partial charge in [-0.3, -0.25) is 0 Å². The van der Waals surface area contributed by atoms with Gasteiger partial charge in [-0.2, -0.15) is 4.98 Å². The second-order valence-electron chi connectivity index (χ2n) is 8.10. The lowest BCUT2D eigenvalue weighted by Crippen LogP contribution is -2.20. The summed E-state index contributed by atoms with van der Waals surface area (Å²) in [5.41, 5.74) is 4.67. The van der Waals surface area contributed by atoms with Crippen LogP contribution >= 0.6 is 23.2 Å². The molecular formula is C26H20Cl2N6O2. The monoisotopic (exact) mass is 518 g/mol. The summed E-state index contributed by atoms with van der Waals surface area (Å²) in [5, 5.41) is 10.9. The number of rotatable bonds is 6. The molecule has 0 aliphatic heterocycles. The van der Waals surface area contributed by atoms with Crippen molar-refractivity contribution in [3.8, 4) is 23.0 Å². The van der Waals surface area contributed by atoms with Gasteiger partial charge in [-0.05, 0) is 66.6 Å². The Balaban J connectivity index is 1.20. The third-order valence-electron chi connectivity index (χ3n) is 5.41. The summed E-state index contributed by atoms with van der Waals surface area (Å²) in [6, 6.07) is 19.8. The minimum atomic E-state index is -0.343. The molecule has 0 aliphatic carbocycles. The van der Waals surface area contributed by atoms with E-state index in [-0.39, 0.29) is 6.03 Å². The first kappa shape index (κ1) is 23.6. The third-order valence-corrected chi connectivity index (χ3v) is 5.89. The van der Waals surface area contributed by atoms with E-state index in [0.29, 0.717) is 45.4 Å². The Morgan fingerprint density at radius 2 is 1.72 bits per heavy atom. The molecule has 10 heteroatoms. The van der Waals surface area contributed by atoms with Gasteiger partial charge < -0.3 is 19.7 Å². The highest BCUT2D eigenvalue weighted by atomic mass is 35.5. The van der Waals surface area contributed by atoms with E-state index in [2.05, 4.69) is 25.8 Å². The maximum atomic E-state index is 12.4. The molecule has 0 radical (unpaired) electrons. The predicted molar refractivity (Wildman–Crippen MR) is 140 cm³/mol. The van der Waals surface area contributed by atoms with Crippen molar-refractivity contribution in [1.82, 2.24) is 19.7 Å². The van der Waals surface area contributed by atoms with Crippen LogP contribution in [0.4, 0.5) is 16.2 Å². The van der Waals surface area contributed by atoms with Gasteiger partial charge in [0, 0.05) is 39.7 Å². The molecule has 180 valence electrons. The summed E-state index contributed by atoms with van der Waals surface area (Å²) < 4.78 is 7.30. The summed E-state index contributed by atoms with van der Waals surface area (Å²) in [6.45, 7) is 2.48. The van der Waals surface area contributed by atoms with Crippen LogP contribution < -0.4 is 10.6 Å². The quantitative estimate of drug-likeness (QED) is 0.254. The van der Waals surface area contributed by atoms with E-state index in [4.69, 9.17) is 27.7 Å². The van der Waals surface area contributed by atoms with Crippen LogP contribution in [-0.2, 0) is 6.54 Å². The van der Waals surface area contributed by atoms with Gasteiger partial charge in [0.05, 0.1) is 6.33 Å². The van der Waals surface area contributed by atoms with E-state index in [0.717, 1.165) is 16.7 Å². The molecule has 5 aromatic rings. The van der Waals surface area contributed by atoms with Crippen LogP contribution in [-0.4, -0.2) is 25.7 Å². The highest BCUT2D eigenvalue weighted by Gasteiger charge is 2.13. The van der Waals surface area contributed by atoms with E-state index >= 15 is 0 Å². The molecule has 2 aromatic heterocycles. The fourth-order valence-corrected chi connectivity index (χ4v) is 3.82. The average Bonchev–Trinajstić information content (AvgIpc) is 3.53. The highest BCUT2D eigenvalue weighted by Crippen LogP contribution is 2.23. The van der Waals surface area contributed by atoms with Gasteiger partial charge >= 0.3 is 6.03 Å². The summed E-state index contributed by atoms with van der Waals surface area (Å²) in [4.78, 5) is 21.2. The number of imidazole rings is 1. The number of hydrogen-bond acceptors (Lipinski definition) is 5. The molecule has 5 rings (SSSR count). The number of carbonyl (C=O) groups excluding carboxylic acids is 1. The Kier molecular flexibility index (Phi) is 6.71. The number of urea groups is 1. The van der Waals surface area contributed by atoms with E-state index in [9.17, 15) is 4.79 Å². The van der Waals surface area contributed by atoms with E-state index < -0.39 is 0 Å². The molecule has 0 unspecified atom stereocenters. The van der Waals surface area contributed by atoms with Crippen LogP contribution in [0.5, 0.6) is 0 Å². The lowest BCUT2D eigenvalue weighted by Gasteiger charge is -2.11. The second kappa shape index (κ2) is 10.2. The molecule has 0 saturated heterocycles. The maximum absolute atomic E-state index is 12.4. The molecule has 3 aromatic carbocycles. The smallest absolute Gasteiger partial charge is 0.323 e. The number of halogens is 2. The van der Waals surface area contributed by atoms with Crippen LogP contribution in [0.2, 0.25) is 10.0 Å². The molecule has 0 saturated carbocycles. The molecule has 2 heterocycles. The topological polar surface area (TPSA) is 97.9 Å². The number of anilines is 2. The zero-order valence-corrected chi connectivity index (χ0v) is 20.6. The van der Waals surface area contributed by atoms with Crippen LogP contribution in [0.25, 0.3) is 23.0 Å². The largest absolute Gasteiger partial charge is 0.332 e. The summed E-state index contributed by atoms with van der Waals surface area (Å²) in [5.74, 6) is 0.799. The molecule has 8 nitrogen and oxygen atoms in total. The van der Waals surface area contributed by atoms with Crippen molar-refractivity contribution in [2.75, 3.05) is 10.6 Å². The van der Waals surface area contributed by atoms with Crippen molar-refractivity contribution in [3.63, 3.8) is 0 Å². The number of aryl methyl sites for hydroxylation is 1. The number of aromatic nitrogens is 4. The maximum Gasteiger partial charge on any atom is 0.323 e. The van der Waals surface area contributed by atoms with E-state index in [1.54, 1.807) is 30.6 Å². The zero-order chi connectivity index (χ0) is 25.1. The minimum Gasteiger partial charge on any atom is -0.332 e. The number of nitrogens with one attached hydrogen (secondary N) is 2. The summed E-state index contributed by atoms with van der Waals surface area (Å²) >= 11 is 12.0. The Bertz CT molecular complexity index is 1510. The fourth-order valence-electron chi connectivity index (χ4n) is 3.52. The number of benzene rings is 3. The molecule has 0 aliphatic rings. The predicted octanol–water partition coefficient (Wildman–Crippen LogP) is 6.91.